The van der Waals surface area contributed by atoms with Crippen molar-refractivity contribution in [2.45, 2.75) is 11.8 Å². The number of furan rings is 1. The van der Waals surface area contributed by atoms with E-state index in [1.807, 2.05) is 0 Å². The molecule has 0 bridgehead atoms. The first-order chi connectivity index (χ1) is 19.5. The average Bonchev–Trinajstić information content (AvgIpc) is 3.40. The zero-order chi connectivity index (χ0) is 29.7. The molecule has 212 valence electrons. The van der Waals surface area contributed by atoms with E-state index in [0.29, 0.717) is 27.1 Å². The molecule has 41 heavy (non-hydrogen) atoms. The Morgan fingerprint density at radius 1 is 1.10 bits per heavy atom. The van der Waals surface area contributed by atoms with Gasteiger partial charge in [0.15, 0.2) is 0 Å². The summed E-state index contributed by atoms with van der Waals surface area (Å²) in [4.78, 5) is 23.2. The summed E-state index contributed by atoms with van der Waals surface area (Å²) in [6.07, 6.45) is 1.24. The van der Waals surface area contributed by atoms with Gasteiger partial charge in [-0.25, -0.2) is 13.8 Å². The van der Waals surface area contributed by atoms with Crippen LogP contribution in [0, 0.1) is 17.0 Å². The summed E-state index contributed by atoms with van der Waals surface area (Å²) in [5, 5.41) is 16.1. The maximum Gasteiger partial charge on any atom is 0.273 e. The van der Waals surface area contributed by atoms with Crippen LogP contribution in [-0.2, 0) is 14.8 Å². The first kappa shape index (κ1) is 29.6. The smallest absolute Gasteiger partial charge is 0.273 e. The van der Waals surface area contributed by atoms with Crippen molar-refractivity contribution in [2.24, 2.45) is 5.10 Å². The highest BCUT2D eigenvalue weighted by molar-refractivity contribution is 7.92. The number of rotatable bonds is 10. The standard InChI is InChI=1S/C27H22Cl2N4O7S/c1-17-3-10-22(14-25(17)33(35)36)41(37,38)32(19-5-7-20(39-2)8-6-19)16-27(34)31-30-15-21-9-12-26(40-21)23-11-4-18(28)13-24(23)29/h3-15H,16H2,1-2H3,(H,31,34)/b30-15-. The van der Waals surface area contributed by atoms with Gasteiger partial charge >= 0.3 is 0 Å². The quantitative estimate of drug-likeness (QED) is 0.134. The number of anilines is 1. The van der Waals surface area contributed by atoms with E-state index in [9.17, 15) is 23.3 Å². The number of hydrazone groups is 1. The number of amides is 1. The van der Waals surface area contributed by atoms with Gasteiger partial charge < -0.3 is 9.15 Å². The van der Waals surface area contributed by atoms with Gasteiger partial charge in [0, 0.05) is 22.2 Å². The summed E-state index contributed by atoms with van der Waals surface area (Å²) in [6, 6.07) is 17.7. The molecule has 0 aliphatic rings. The Kier molecular flexibility index (Phi) is 8.96. The number of nitro benzene ring substituents is 1. The molecule has 1 aromatic heterocycles. The summed E-state index contributed by atoms with van der Waals surface area (Å²) in [5.74, 6) is 0.417. The molecule has 0 unspecified atom stereocenters. The van der Waals surface area contributed by atoms with E-state index in [1.165, 1.54) is 56.6 Å². The molecule has 14 heteroatoms. The lowest BCUT2D eigenvalue weighted by Crippen LogP contribution is -2.39. The summed E-state index contributed by atoms with van der Waals surface area (Å²) in [5.41, 5.74) is 2.93. The monoisotopic (exact) mass is 616 g/mol. The topological polar surface area (TPSA) is 144 Å². The number of nitrogens with zero attached hydrogens (tertiary/aromatic N) is 3. The molecule has 0 aliphatic carbocycles. The molecule has 0 saturated heterocycles. The Hall–Kier alpha value is -4.39. The van der Waals surface area contributed by atoms with Crippen molar-refractivity contribution in [3.05, 3.63) is 104 Å². The molecule has 0 saturated carbocycles. The zero-order valence-electron chi connectivity index (χ0n) is 21.6. The fourth-order valence-corrected chi connectivity index (χ4v) is 5.67. The number of carbonyl (C=O) groups is 1. The number of halogens is 2. The third kappa shape index (κ3) is 6.85. The van der Waals surface area contributed by atoms with Gasteiger partial charge in [0.2, 0.25) is 0 Å². The molecular weight excluding hydrogens is 595 g/mol. The minimum atomic E-state index is -4.42. The van der Waals surface area contributed by atoms with Crippen LogP contribution in [0.25, 0.3) is 11.3 Å². The van der Waals surface area contributed by atoms with E-state index in [-0.39, 0.29) is 27.6 Å². The van der Waals surface area contributed by atoms with E-state index in [4.69, 9.17) is 32.4 Å². The molecule has 0 spiro atoms. The molecule has 0 fully saturated rings. The number of hydrogen-bond acceptors (Lipinski definition) is 8. The summed E-state index contributed by atoms with van der Waals surface area (Å²) in [7, 11) is -2.97. The van der Waals surface area contributed by atoms with Crippen LogP contribution in [-0.4, -0.2) is 39.1 Å². The van der Waals surface area contributed by atoms with E-state index >= 15 is 0 Å². The minimum absolute atomic E-state index is 0.128. The van der Waals surface area contributed by atoms with Gasteiger partial charge in [0.25, 0.3) is 21.6 Å². The second kappa shape index (κ2) is 12.4. The molecule has 1 heterocycles. The second-order valence-corrected chi connectivity index (χ2v) is 11.2. The molecule has 0 aliphatic heterocycles. The Bertz CT molecular complexity index is 1740. The third-order valence-electron chi connectivity index (χ3n) is 5.82. The first-order valence-corrected chi connectivity index (χ1v) is 14.0. The normalized spacial score (nSPS) is 11.4. The zero-order valence-corrected chi connectivity index (χ0v) is 23.9. The number of benzene rings is 3. The Labute approximate surface area is 245 Å². The molecule has 1 amide bonds. The van der Waals surface area contributed by atoms with Crippen molar-refractivity contribution >= 4 is 56.7 Å². The van der Waals surface area contributed by atoms with Crippen LogP contribution in [0.3, 0.4) is 0 Å². The number of nitrogens with one attached hydrogen (secondary N) is 1. The fraction of sp³-hybridized carbons (Fsp3) is 0.111. The van der Waals surface area contributed by atoms with Gasteiger partial charge in [-0.2, -0.15) is 5.10 Å². The van der Waals surface area contributed by atoms with E-state index in [2.05, 4.69) is 10.5 Å². The summed E-state index contributed by atoms with van der Waals surface area (Å²) >= 11 is 12.2. The molecule has 1 N–H and O–H groups in total. The Balaban J connectivity index is 1.56. The molecule has 3 aromatic carbocycles. The lowest BCUT2D eigenvalue weighted by molar-refractivity contribution is -0.385. The predicted octanol–water partition coefficient (Wildman–Crippen LogP) is 5.82. The van der Waals surface area contributed by atoms with Crippen molar-refractivity contribution in [2.75, 3.05) is 18.0 Å². The van der Waals surface area contributed by atoms with Crippen LogP contribution in [0.2, 0.25) is 10.0 Å². The third-order valence-corrected chi connectivity index (χ3v) is 8.13. The number of methoxy groups -OCH3 is 1. The van der Waals surface area contributed by atoms with Crippen molar-refractivity contribution < 1.29 is 27.3 Å². The Morgan fingerprint density at radius 3 is 2.49 bits per heavy atom. The molecule has 0 atom stereocenters. The summed E-state index contributed by atoms with van der Waals surface area (Å²) < 4.78 is 38.9. The van der Waals surface area contributed by atoms with Crippen molar-refractivity contribution in [3.8, 4) is 17.1 Å². The van der Waals surface area contributed by atoms with Crippen LogP contribution >= 0.6 is 23.2 Å². The van der Waals surface area contributed by atoms with Crippen molar-refractivity contribution in [3.63, 3.8) is 0 Å². The van der Waals surface area contributed by atoms with Crippen LogP contribution in [0.15, 0.2) is 87.2 Å². The number of aryl methyl sites for hydroxylation is 1. The highest BCUT2D eigenvalue weighted by Crippen LogP contribution is 2.32. The molecule has 0 radical (unpaired) electrons. The molecule has 11 nitrogen and oxygen atoms in total. The molecule has 4 aromatic rings. The summed E-state index contributed by atoms with van der Waals surface area (Å²) in [6.45, 7) is 0.810. The highest BCUT2D eigenvalue weighted by atomic mass is 35.5. The van der Waals surface area contributed by atoms with Crippen LogP contribution in [0.5, 0.6) is 5.75 Å². The number of carbonyl (C=O) groups excluding carboxylic acids is 1. The van der Waals surface area contributed by atoms with E-state index < -0.39 is 27.4 Å². The maximum absolute atomic E-state index is 13.6. The van der Waals surface area contributed by atoms with Gasteiger partial charge in [-0.15, -0.1) is 0 Å². The van der Waals surface area contributed by atoms with Gasteiger partial charge in [0.1, 0.15) is 23.8 Å². The largest absolute Gasteiger partial charge is 0.497 e. The number of ether oxygens (including phenoxy) is 1. The SMILES string of the molecule is COc1ccc(N(CC(=O)N/N=C\c2ccc(-c3ccc(Cl)cc3Cl)o2)S(=O)(=O)c2ccc(C)c([N+](=O)[O-])c2)cc1. The van der Waals surface area contributed by atoms with Gasteiger partial charge in [-0.05, 0) is 67.6 Å². The van der Waals surface area contributed by atoms with Gasteiger partial charge in [-0.3, -0.25) is 19.2 Å². The predicted molar refractivity (Wildman–Crippen MR) is 155 cm³/mol. The van der Waals surface area contributed by atoms with Crippen LogP contribution < -0.4 is 14.5 Å². The fourth-order valence-electron chi connectivity index (χ4n) is 3.73. The van der Waals surface area contributed by atoms with Crippen molar-refractivity contribution in [1.29, 1.82) is 0 Å². The second-order valence-electron chi connectivity index (χ2n) is 8.53. The minimum Gasteiger partial charge on any atom is -0.497 e. The molecular formula is C27H22Cl2N4O7S. The number of hydrogen-bond donors (Lipinski definition) is 1. The van der Waals surface area contributed by atoms with Crippen LogP contribution in [0.4, 0.5) is 11.4 Å². The number of sulfonamides is 1. The van der Waals surface area contributed by atoms with Crippen molar-refractivity contribution in [1.82, 2.24) is 5.43 Å². The van der Waals surface area contributed by atoms with Gasteiger partial charge in [-0.1, -0.05) is 29.3 Å². The number of nitro groups is 1. The Morgan fingerprint density at radius 2 is 1.83 bits per heavy atom. The first-order valence-electron chi connectivity index (χ1n) is 11.8. The van der Waals surface area contributed by atoms with Gasteiger partial charge in [0.05, 0.1) is 33.9 Å². The molecule has 4 rings (SSSR count). The highest BCUT2D eigenvalue weighted by Gasteiger charge is 2.29. The maximum atomic E-state index is 13.6. The van der Waals surface area contributed by atoms with E-state index in [0.717, 1.165) is 10.4 Å². The average molecular weight is 617 g/mol. The van der Waals surface area contributed by atoms with Crippen LogP contribution in [0.1, 0.15) is 11.3 Å². The van der Waals surface area contributed by atoms with E-state index in [1.54, 1.807) is 30.3 Å². The lowest BCUT2D eigenvalue weighted by atomic mass is 10.2. The lowest BCUT2D eigenvalue weighted by Gasteiger charge is -2.24.